The number of nitro benzene ring substituents is 1. The van der Waals surface area contributed by atoms with Crippen LogP contribution >= 0.6 is 0 Å². The van der Waals surface area contributed by atoms with Crippen molar-refractivity contribution in [3.63, 3.8) is 0 Å². The number of carbonyl (C=O) groups is 1. The zero-order chi connectivity index (χ0) is 13.5. The number of hydrogen-bond donors (Lipinski definition) is 2. The van der Waals surface area contributed by atoms with Crippen molar-refractivity contribution in [2.24, 2.45) is 0 Å². The molecule has 0 radical (unpaired) electrons. The molecule has 0 aliphatic heterocycles. The van der Waals surface area contributed by atoms with Gasteiger partial charge in [0, 0.05) is 25.2 Å². The maximum atomic E-state index is 11.4. The zero-order valence-electron chi connectivity index (χ0n) is 10.1. The Morgan fingerprint density at radius 3 is 2.89 bits per heavy atom. The smallest absolute Gasteiger partial charge is 0.269 e. The number of non-ortho nitro benzene ring substituents is 1. The molecule has 0 fully saturated rings. The van der Waals surface area contributed by atoms with Gasteiger partial charge in [0.25, 0.3) is 5.69 Å². The van der Waals surface area contributed by atoms with Crippen molar-refractivity contribution in [2.45, 2.75) is 25.8 Å². The number of nitrogens with one attached hydrogen (secondary N) is 1. The third-order valence-electron chi connectivity index (χ3n) is 2.52. The van der Waals surface area contributed by atoms with Crippen LogP contribution in [0, 0.1) is 10.1 Å². The van der Waals surface area contributed by atoms with E-state index in [9.17, 15) is 14.9 Å². The minimum atomic E-state index is -0.468. The first-order valence-electron chi connectivity index (χ1n) is 5.69. The first-order chi connectivity index (χ1) is 8.54. The van der Waals surface area contributed by atoms with Gasteiger partial charge in [-0.25, -0.2) is 0 Å². The van der Waals surface area contributed by atoms with E-state index in [1.54, 1.807) is 19.1 Å². The number of nitro groups is 1. The molecule has 1 aromatic rings. The molecule has 0 spiro atoms. The van der Waals surface area contributed by atoms with Crippen molar-refractivity contribution in [3.05, 3.63) is 39.9 Å². The molecule has 0 aromatic heterocycles. The molecule has 0 bridgehead atoms. The molecule has 2 N–H and O–H groups in total. The molecule has 98 valence electrons. The van der Waals surface area contributed by atoms with Crippen LogP contribution in [0.3, 0.4) is 0 Å². The lowest BCUT2D eigenvalue weighted by Crippen LogP contribution is -2.26. The number of nitrogens with zero attached hydrogens (tertiary/aromatic N) is 1. The average molecular weight is 252 g/mol. The Morgan fingerprint density at radius 1 is 1.56 bits per heavy atom. The summed E-state index contributed by atoms with van der Waals surface area (Å²) in [4.78, 5) is 21.6. The number of rotatable bonds is 6. The Morgan fingerprint density at radius 2 is 2.28 bits per heavy atom. The molecule has 1 atom stereocenters. The van der Waals surface area contributed by atoms with E-state index in [0.29, 0.717) is 12.0 Å². The highest BCUT2D eigenvalue weighted by Gasteiger charge is 2.12. The Bertz CT molecular complexity index is 434. The van der Waals surface area contributed by atoms with Crippen LogP contribution in [-0.2, 0) is 4.79 Å². The van der Waals surface area contributed by atoms with Crippen LogP contribution in [0.1, 0.15) is 31.4 Å². The largest absolute Gasteiger partial charge is 0.396 e. The topological polar surface area (TPSA) is 92.5 Å². The van der Waals surface area contributed by atoms with Gasteiger partial charge >= 0.3 is 0 Å². The van der Waals surface area contributed by atoms with Gasteiger partial charge in [-0.2, -0.15) is 0 Å². The molecule has 1 amide bonds. The number of aliphatic hydroxyl groups excluding tert-OH is 1. The van der Waals surface area contributed by atoms with Gasteiger partial charge in [-0.1, -0.05) is 12.1 Å². The molecule has 6 heteroatoms. The van der Waals surface area contributed by atoms with E-state index in [0.717, 1.165) is 0 Å². The number of aliphatic hydroxyl groups is 1. The second kappa shape index (κ2) is 6.70. The number of hydrogen-bond acceptors (Lipinski definition) is 4. The van der Waals surface area contributed by atoms with Gasteiger partial charge in [-0.05, 0) is 18.9 Å². The van der Waals surface area contributed by atoms with Crippen molar-refractivity contribution < 1.29 is 14.8 Å². The van der Waals surface area contributed by atoms with Gasteiger partial charge < -0.3 is 10.4 Å². The van der Waals surface area contributed by atoms with Gasteiger partial charge in [-0.15, -0.1) is 0 Å². The normalized spacial score (nSPS) is 11.9. The van der Waals surface area contributed by atoms with Gasteiger partial charge in [0.15, 0.2) is 0 Å². The first-order valence-corrected chi connectivity index (χ1v) is 5.69. The van der Waals surface area contributed by atoms with E-state index < -0.39 is 4.92 Å². The third-order valence-corrected chi connectivity index (χ3v) is 2.52. The lowest BCUT2D eigenvalue weighted by Gasteiger charge is -2.13. The molecule has 0 saturated carbocycles. The second-order valence-electron chi connectivity index (χ2n) is 3.97. The Kier molecular flexibility index (Phi) is 5.26. The molecule has 1 aromatic carbocycles. The molecule has 0 aliphatic rings. The van der Waals surface area contributed by atoms with Gasteiger partial charge in [0.05, 0.1) is 11.0 Å². The standard InChI is InChI=1S/C12H16N2O4/c1-9(13-12(16)6-3-7-15)10-4-2-5-11(8-10)14(17)18/h2,4-5,8-9,15H,3,6-7H2,1H3,(H,13,16). The summed E-state index contributed by atoms with van der Waals surface area (Å²) in [6.45, 7) is 1.73. The highest BCUT2D eigenvalue weighted by Crippen LogP contribution is 2.18. The molecule has 1 unspecified atom stereocenters. The molecule has 18 heavy (non-hydrogen) atoms. The molecular formula is C12H16N2O4. The van der Waals surface area contributed by atoms with E-state index >= 15 is 0 Å². The summed E-state index contributed by atoms with van der Waals surface area (Å²) in [5.41, 5.74) is 0.686. The van der Waals surface area contributed by atoms with Crippen molar-refractivity contribution in [2.75, 3.05) is 6.61 Å². The van der Waals surface area contributed by atoms with Gasteiger partial charge in [0.1, 0.15) is 0 Å². The van der Waals surface area contributed by atoms with E-state index in [2.05, 4.69) is 5.32 Å². The minimum Gasteiger partial charge on any atom is -0.396 e. The lowest BCUT2D eigenvalue weighted by atomic mass is 10.1. The highest BCUT2D eigenvalue weighted by atomic mass is 16.6. The second-order valence-corrected chi connectivity index (χ2v) is 3.97. The van der Waals surface area contributed by atoms with Crippen LogP contribution in [-0.4, -0.2) is 22.5 Å². The van der Waals surface area contributed by atoms with Gasteiger partial charge in [-0.3, -0.25) is 14.9 Å². The van der Waals surface area contributed by atoms with Crippen LogP contribution in [0.4, 0.5) is 5.69 Å². The first kappa shape index (κ1) is 14.1. The predicted octanol–water partition coefficient (Wildman–Crippen LogP) is 1.54. The maximum absolute atomic E-state index is 11.4. The SMILES string of the molecule is CC(NC(=O)CCCO)c1cccc([N+](=O)[O-])c1. The summed E-state index contributed by atoms with van der Waals surface area (Å²) < 4.78 is 0. The van der Waals surface area contributed by atoms with E-state index in [4.69, 9.17) is 5.11 Å². The summed E-state index contributed by atoms with van der Waals surface area (Å²) in [5.74, 6) is -0.178. The fraction of sp³-hybridized carbons (Fsp3) is 0.417. The molecule has 0 heterocycles. The van der Waals surface area contributed by atoms with Gasteiger partial charge in [0.2, 0.25) is 5.91 Å². The van der Waals surface area contributed by atoms with E-state index in [1.165, 1.54) is 12.1 Å². The molecular weight excluding hydrogens is 236 g/mol. The fourth-order valence-electron chi connectivity index (χ4n) is 1.54. The Hall–Kier alpha value is -1.95. The maximum Gasteiger partial charge on any atom is 0.269 e. The summed E-state index contributed by atoms with van der Waals surface area (Å²) in [7, 11) is 0. The summed E-state index contributed by atoms with van der Waals surface area (Å²) in [5, 5.41) is 22.0. The van der Waals surface area contributed by atoms with Crippen LogP contribution in [0.5, 0.6) is 0 Å². The molecule has 0 aliphatic carbocycles. The highest BCUT2D eigenvalue weighted by molar-refractivity contribution is 5.76. The van der Waals surface area contributed by atoms with Crippen LogP contribution in [0.15, 0.2) is 24.3 Å². The summed E-state index contributed by atoms with van der Waals surface area (Å²) in [6.07, 6.45) is 0.656. The van der Waals surface area contributed by atoms with E-state index in [1.807, 2.05) is 0 Å². The van der Waals surface area contributed by atoms with Crippen LogP contribution in [0.25, 0.3) is 0 Å². The summed E-state index contributed by atoms with van der Waals surface area (Å²) in [6, 6.07) is 5.87. The van der Waals surface area contributed by atoms with Crippen molar-refractivity contribution >= 4 is 11.6 Å². The van der Waals surface area contributed by atoms with Crippen LogP contribution < -0.4 is 5.32 Å². The Balaban J connectivity index is 2.66. The van der Waals surface area contributed by atoms with Crippen LogP contribution in [0.2, 0.25) is 0 Å². The molecule has 1 rings (SSSR count). The lowest BCUT2D eigenvalue weighted by molar-refractivity contribution is -0.384. The van der Waals surface area contributed by atoms with Crippen molar-refractivity contribution in [1.29, 1.82) is 0 Å². The monoisotopic (exact) mass is 252 g/mol. The number of benzene rings is 1. The van der Waals surface area contributed by atoms with E-state index in [-0.39, 0.29) is 30.7 Å². The third kappa shape index (κ3) is 4.14. The minimum absolute atomic E-state index is 0.00366. The molecule has 6 nitrogen and oxygen atoms in total. The predicted molar refractivity (Wildman–Crippen MR) is 66.0 cm³/mol. The number of amides is 1. The quantitative estimate of drug-likeness (QED) is 0.593. The zero-order valence-corrected chi connectivity index (χ0v) is 10.1. The number of carbonyl (C=O) groups excluding carboxylic acids is 1. The fourth-order valence-corrected chi connectivity index (χ4v) is 1.54. The molecule has 0 saturated heterocycles. The van der Waals surface area contributed by atoms with Crippen molar-refractivity contribution in [1.82, 2.24) is 5.32 Å². The van der Waals surface area contributed by atoms with Crippen molar-refractivity contribution in [3.8, 4) is 0 Å². The Labute approximate surface area is 105 Å². The summed E-state index contributed by atoms with van der Waals surface area (Å²) >= 11 is 0. The average Bonchev–Trinajstić information content (AvgIpc) is 2.36.